The summed E-state index contributed by atoms with van der Waals surface area (Å²) in [6.45, 7) is 9.07. The zero-order valence-corrected chi connectivity index (χ0v) is 14.2. The summed E-state index contributed by atoms with van der Waals surface area (Å²) in [6, 6.07) is 0. The first kappa shape index (κ1) is 18.1. The van der Waals surface area contributed by atoms with Gasteiger partial charge in [-0.1, -0.05) is 0 Å². The Morgan fingerprint density at radius 1 is 1.13 bits per heavy atom. The molecule has 2 rings (SSSR count). The van der Waals surface area contributed by atoms with E-state index < -0.39 is 35.9 Å². The quantitative estimate of drug-likeness (QED) is 0.556. The molecule has 0 aromatic rings. The Kier molecular flexibility index (Phi) is 5.25. The summed E-state index contributed by atoms with van der Waals surface area (Å²) in [6.07, 6.45) is 0.462. The van der Waals surface area contributed by atoms with Crippen molar-refractivity contribution in [3.05, 3.63) is 12.2 Å². The van der Waals surface area contributed by atoms with Crippen LogP contribution in [0, 0.1) is 0 Å². The molecule has 0 spiro atoms. The molecule has 7 heteroatoms. The molecule has 130 valence electrons. The van der Waals surface area contributed by atoms with Crippen LogP contribution in [0.25, 0.3) is 0 Å². The van der Waals surface area contributed by atoms with Gasteiger partial charge < -0.3 is 23.7 Å². The van der Waals surface area contributed by atoms with E-state index in [1.54, 1.807) is 34.6 Å². The van der Waals surface area contributed by atoms with Gasteiger partial charge in [0, 0.05) is 6.08 Å². The van der Waals surface area contributed by atoms with Crippen molar-refractivity contribution >= 4 is 11.8 Å². The molecule has 2 heterocycles. The van der Waals surface area contributed by atoms with Gasteiger partial charge >= 0.3 is 5.97 Å². The minimum atomic E-state index is -0.932. The molecule has 7 nitrogen and oxygen atoms in total. The predicted molar refractivity (Wildman–Crippen MR) is 79.5 cm³/mol. The first-order valence-corrected chi connectivity index (χ1v) is 7.69. The second-order valence-corrected chi connectivity index (χ2v) is 6.35. The lowest BCUT2D eigenvalue weighted by molar-refractivity contribution is -0.167. The third-order valence-electron chi connectivity index (χ3n) is 3.44. The topological polar surface area (TPSA) is 80.3 Å². The van der Waals surface area contributed by atoms with Crippen LogP contribution in [-0.4, -0.2) is 54.9 Å². The van der Waals surface area contributed by atoms with Gasteiger partial charge in [0.25, 0.3) is 0 Å². The second-order valence-electron chi connectivity index (χ2n) is 6.35. The van der Waals surface area contributed by atoms with Crippen LogP contribution >= 0.6 is 0 Å². The van der Waals surface area contributed by atoms with Crippen molar-refractivity contribution in [1.82, 2.24) is 0 Å². The van der Waals surface area contributed by atoms with Crippen LogP contribution in [0.5, 0.6) is 0 Å². The highest BCUT2D eigenvalue weighted by Crippen LogP contribution is 2.32. The molecule has 0 aromatic carbocycles. The summed E-state index contributed by atoms with van der Waals surface area (Å²) in [5.41, 5.74) is 0. The molecule has 0 radical (unpaired) electrons. The average molecular weight is 328 g/mol. The molecule has 0 aromatic heterocycles. The minimum absolute atomic E-state index is 0.167. The number of Topliss-reactive ketones (excluding diaryl/α,β-unsaturated/α-hetero) is 1. The average Bonchev–Trinajstić information content (AvgIpc) is 2.95. The Morgan fingerprint density at radius 2 is 1.83 bits per heavy atom. The highest BCUT2D eigenvalue weighted by Gasteiger charge is 2.48. The molecule has 0 aliphatic carbocycles. The SMILES string of the molecule is CCOC(=O)/C=C/[C@@H]1OC(C)(C)O[C@@H]1C(=O)[C@H]1COC(C)(C)O1. The van der Waals surface area contributed by atoms with Crippen molar-refractivity contribution in [2.75, 3.05) is 13.2 Å². The molecule has 3 atom stereocenters. The second kappa shape index (κ2) is 6.68. The van der Waals surface area contributed by atoms with Crippen LogP contribution in [0.4, 0.5) is 0 Å². The fraction of sp³-hybridized carbons (Fsp3) is 0.750. The Balaban J connectivity index is 2.08. The largest absolute Gasteiger partial charge is 0.463 e. The van der Waals surface area contributed by atoms with Gasteiger partial charge in [-0.15, -0.1) is 0 Å². The standard InChI is InChI=1S/C16H24O7/c1-6-19-12(17)8-7-10-14(23-16(4,5)21-10)13(18)11-9-20-15(2,3)22-11/h7-8,10-11,14H,6,9H2,1-5H3/b8-7+/t10-,11+,14-/m0/s1. The summed E-state index contributed by atoms with van der Waals surface area (Å²) in [4.78, 5) is 24.1. The normalized spacial score (nSPS) is 32.3. The molecule has 0 N–H and O–H groups in total. The number of ketones is 1. The van der Waals surface area contributed by atoms with E-state index in [0.717, 1.165) is 0 Å². The van der Waals surface area contributed by atoms with E-state index in [0.29, 0.717) is 0 Å². The van der Waals surface area contributed by atoms with Gasteiger partial charge in [0.05, 0.1) is 13.2 Å². The zero-order chi connectivity index (χ0) is 17.3. The van der Waals surface area contributed by atoms with Crippen molar-refractivity contribution < 1.29 is 33.3 Å². The lowest BCUT2D eigenvalue weighted by Gasteiger charge is -2.19. The van der Waals surface area contributed by atoms with E-state index in [1.165, 1.54) is 12.2 Å². The Labute approximate surface area is 135 Å². The number of rotatable bonds is 5. The maximum Gasteiger partial charge on any atom is 0.330 e. The van der Waals surface area contributed by atoms with Crippen LogP contribution in [0.2, 0.25) is 0 Å². The van der Waals surface area contributed by atoms with Gasteiger partial charge in [-0.3, -0.25) is 4.79 Å². The van der Waals surface area contributed by atoms with Gasteiger partial charge in [-0.25, -0.2) is 4.79 Å². The van der Waals surface area contributed by atoms with E-state index in [4.69, 9.17) is 23.7 Å². The lowest BCUT2D eigenvalue weighted by atomic mass is 10.0. The minimum Gasteiger partial charge on any atom is -0.463 e. The Morgan fingerprint density at radius 3 is 2.39 bits per heavy atom. The molecule has 2 aliphatic heterocycles. The molecule has 2 saturated heterocycles. The highest BCUT2D eigenvalue weighted by atomic mass is 16.8. The summed E-state index contributed by atoms with van der Waals surface area (Å²) >= 11 is 0. The summed E-state index contributed by atoms with van der Waals surface area (Å²) < 4.78 is 27.2. The maximum absolute atomic E-state index is 12.6. The third kappa shape index (κ3) is 4.60. The Hall–Kier alpha value is -1.28. The van der Waals surface area contributed by atoms with Crippen LogP contribution in [-0.2, 0) is 33.3 Å². The van der Waals surface area contributed by atoms with Crippen molar-refractivity contribution in [1.29, 1.82) is 0 Å². The van der Waals surface area contributed by atoms with Gasteiger partial charge in [0.1, 0.15) is 12.2 Å². The van der Waals surface area contributed by atoms with Gasteiger partial charge in [-0.2, -0.15) is 0 Å². The third-order valence-corrected chi connectivity index (χ3v) is 3.44. The fourth-order valence-electron chi connectivity index (χ4n) is 2.52. The van der Waals surface area contributed by atoms with Gasteiger partial charge in [0.2, 0.25) is 0 Å². The van der Waals surface area contributed by atoms with Crippen LogP contribution in [0.3, 0.4) is 0 Å². The van der Waals surface area contributed by atoms with Crippen LogP contribution in [0.1, 0.15) is 34.6 Å². The maximum atomic E-state index is 12.6. The Bertz CT molecular complexity index is 495. The van der Waals surface area contributed by atoms with E-state index in [2.05, 4.69) is 0 Å². The first-order valence-electron chi connectivity index (χ1n) is 7.69. The van der Waals surface area contributed by atoms with Crippen LogP contribution in [0.15, 0.2) is 12.2 Å². The monoisotopic (exact) mass is 328 g/mol. The van der Waals surface area contributed by atoms with Crippen LogP contribution < -0.4 is 0 Å². The number of carbonyl (C=O) groups excluding carboxylic acids is 2. The summed E-state index contributed by atoms with van der Waals surface area (Å²) in [5, 5.41) is 0. The van der Waals surface area contributed by atoms with Gasteiger partial charge in [0.15, 0.2) is 23.5 Å². The number of ether oxygens (including phenoxy) is 5. The molecule has 0 unspecified atom stereocenters. The number of esters is 1. The number of carbonyl (C=O) groups is 2. The predicted octanol–water partition coefficient (Wildman–Crippen LogP) is 1.35. The van der Waals surface area contributed by atoms with Gasteiger partial charge in [-0.05, 0) is 40.7 Å². The van der Waals surface area contributed by atoms with Crippen molar-refractivity contribution in [3.63, 3.8) is 0 Å². The lowest BCUT2D eigenvalue weighted by Crippen LogP contribution is -2.40. The summed E-state index contributed by atoms with van der Waals surface area (Å²) in [7, 11) is 0. The smallest absolute Gasteiger partial charge is 0.330 e. The van der Waals surface area contributed by atoms with E-state index in [1.807, 2.05) is 0 Å². The van der Waals surface area contributed by atoms with Crippen molar-refractivity contribution in [2.24, 2.45) is 0 Å². The fourth-order valence-corrected chi connectivity index (χ4v) is 2.52. The number of hydrogen-bond donors (Lipinski definition) is 0. The van der Waals surface area contributed by atoms with Crippen molar-refractivity contribution in [3.8, 4) is 0 Å². The number of hydrogen-bond acceptors (Lipinski definition) is 7. The van der Waals surface area contributed by atoms with E-state index >= 15 is 0 Å². The molecule has 0 amide bonds. The molecule has 2 fully saturated rings. The zero-order valence-electron chi connectivity index (χ0n) is 14.2. The molecule has 2 aliphatic rings. The molecular weight excluding hydrogens is 304 g/mol. The van der Waals surface area contributed by atoms with E-state index in [-0.39, 0.29) is 19.0 Å². The van der Waals surface area contributed by atoms with Crippen molar-refractivity contribution in [2.45, 2.75) is 64.5 Å². The molecule has 0 bridgehead atoms. The summed E-state index contributed by atoms with van der Waals surface area (Å²) in [5.74, 6) is -2.49. The highest BCUT2D eigenvalue weighted by molar-refractivity contribution is 5.89. The molecular formula is C16H24O7. The molecule has 0 saturated carbocycles. The first-order chi connectivity index (χ1) is 10.6. The molecule has 23 heavy (non-hydrogen) atoms. The van der Waals surface area contributed by atoms with E-state index in [9.17, 15) is 9.59 Å².